The maximum Gasteiger partial charge on any atom is 0.325 e. The number of amides is 4. The van der Waals surface area contributed by atoms with Crippen molar-refractivity contribution in [2.45, 2.75) is 58.0 Å². The van der Waals surface area contributed by atoms with Crippen molar-refractivity contribution in [1.29, 1.82) is 0 Å². The predicted molar refractivity (Wildman–Crippen MR) is 101 cm³/mol. The smallest absolute Gasteiger partial charge is 0.325 e. The minimum Gasteiger partial charge on any atom is -0.348 e. The van der Waals surface area contributed by atoms with Gasteiger partial charge in [-0.3, -0.25) is 14.5 Å². The summed E-state index contributed by atoms with van der Waals surface area (Å²) < 4.78 is 0. The molecule has 2 N–H and O–H groups in total. The fraction of sp³-hybridized carbons (Fsp3) is 0.526. The second-order valence-corrected chi connectivity index (χ2v) is 7.18. The Kier molecular flexibility index (Phi) is 6.64. The van der Waals surface area contributed by atoms with Crippen molar-refractivity contribution in [2.24, 2.45) is 0 Å². The highest BCUT2D eigenvalue weighted by Gasteiger charge is 2.50. The molecule has 0 saturated carbocycles. The van der Waals surface area contributed by atoms with E-state index in [1.54, 1.807) is 12.1 Å². The van der Waals surface area contributed by atoms with Crippen LogP contribution in [0.3, 0.4) is 0 Å². The Morgan fingerprint density at radius 1 is 1.27 bits per heavy atom. The average Bonchev–Trinajstić information content (AvgIpc) is 2.80. The van der Waals surface area contributed by atoms with Crippen LogP contribution in [0.25, 0.3) is 0 Å². The Labute approximate surface area is 159 Å². The summed E-state index contributed by atoms with van der Waals surface area (Å²) in [5.74, 6) is -0.693. The number of carbonyl (C=O) groups excluding carboxylic acids is 3. The van der Waals surface area contributed by atoms with Crippen LogP contribution in [-0.2, 0) is 9.59 Å². The fourth-order valence-corrected chi connectivity index (χ4v) is 3.63. The molecule has 1 saturated heterocycles. The van der Waals surface area contributed by atoms with E-state index in [1.807, 2.05) is 32.9 Å². The second-order valence-electron chi connectivity index (χ2n) is 6.75. The molecule has 0 spiro atoms. The first-order valence-electron chi connectivity index (χ1n) is 9.02. The summed E-state index contributed by atoms with van der Waals surface area (Å²) in [7, 11) is 0. The van der Waals surface area contributed by atoms with Gasteiger partial charge in [0, 0.05) is 5.02 Å². The molecule has 1 aromatic rings. The van der Waals surface area contributed by atoms with Crippen LogP contribution < -0.4 is 10.6 Å². The molecule has 2 rings (SSSR count). The normalized spacial score (nSPS) is 17.2. The zero-order valence-corrected chi connectivity index (χ0v) is 16.2. The third kappa shape index (κ3) is 4.36. The topological polar surface area (TPSA) is 78.5 Å². The summed E-state index contributed by atoms with van der Waals surface area (Å²) in [6.07, 6.45) is 2.70. The van der Waals surface area contributed by atoms with Crippen LogP contribution in [0.4, 0.5) is 4.79 Å². The van der Waals surface area contributed by atoms with Gasteiger partial charge in [-0.15, -0.1) is 0 Å². The zero-order valence-electron chi connectivity index (χ0n) is 15.5. The number of carbonyl (C=O) groups is 3. The molecule has 7 heteroatoms. The summed E-state index contributed by atoms with van der Waals surface area (Å²) in [6.45, 7) is 5.48. The van der Waals surface area contributed by atoms with Crippen LogP contribution in [0.2, 0.25) is 5.02 Å². The molecule has 0 radical (unpaired) electrons. The highest BCUT2D eigenvalue weighted by molar-refractivity contribution is 6.30. The Morgan fingerprint density at radius 3 is 2.50 bits per heavy atom. The van der Waals surface area contributed by atoms with E-state index in [-0.39, 0.29) is 24.4 Å². The van der Waals surface area contributed by atoms with Gasteiger partial charge in [0.05, 0.1) is 6.04 Å². The zero-order chi connectivity index (χ0) is 19.3. The number of benzene rings is 1. The van der Waals surface area contributed by atoms with Crippen molar-refractivity contribution in [1.82, 2.24) is 15.5 Å². The predicted octanol–water partition coefficient (Wildman–Crippen LogP) is 3.41. The molecular weight excluding hydrogens is 354 g/mol. The van der Waals surface area contributed by atoms with Gasteiger partial charge in [0.25, 0.3) is 5.91 Å². The lowest BCUT2D eigenvalue weighted by Gasteiger charge is -2.25. The van der Waals surface area contributed by atoms with E-state index in [2.05, 4.69) is 10.6 Å². The van der Waals surface area contributed by atoms with Crippen LogP contribution in [0.5, 0.6) is 0 Å². The molecule has 1 aliphatic rings. The van der Waals surface area contributed by atoms with Gasteiger partial charge in [-0.1, -0.05) is 50.4 Å². The Morgan fingerprint density at radius 2 is 1.92 bits per heavy atom. The number of nitrogens with one attached hydrogen (secondary N) is 2. The van der Waals surface area contributed by atoms with E-state index in [1.165, 1.54) is 0 Å². The molecule has 6 nitrogen and oxygen atoms in total. The molecule has 26 heavy (non-hydrogen) atoms. The molecule has 0 aliphatic carbocycles. The van der Waals surface area contributed by atoms with E-state index < -0.39 is 11.6 Å². The first kappa shape index (κ1) is 20.2. The Balaban J connectivity index is 2.04. The van der Waals surface area contributed by atoms with Crippen LogP contribution in [0.15, 0.2) is 24.3 Å². The van der Waals surface area contributed by atoms with Crippen molar-refractivity contribution in [3.05, 3.63) is 34.9 Å². The van der Waals surface area contributed by atoms with Crippen molar-refractivity contribution in [2.75, 3.05) is 6.54 Å². The molecular formula is C19H26ClN3O3. The van der Waals surface area contributed by atoms with Crippen LogP contribution in [0, 0.1) is 0 Å². The molecule has 142 valence electrons. The molecule has 1 aliphatic heterocycles. The summed E-state index contributed by atoms with van der Waals surface area (Å²) >= 11 is 5.97. The number of halogens is 1. The molecule has 1 atom stereocenters. The van der Waals surface area contributed by atoms with Gasteiger partial charge in [-0.2, -0.15) is 0 Å². The first-order chi connectivity index (χ1) is 12.3. The number of imide groups is 1. The van der Waals surface area contributed by atoms with E-state index in [0.717, 1.165) is 23.3 Å². The number of hydrogen-bond donors (Lipinski definition) is 2. The SMILES string of the molecule is CCCC1(CCC)NC(=O)N(CC(=O)NC(C)c2cccc(Cl)c2)C1=O. The van der Waals surface area contributed by atoms with Crippen LogP contribution in [0.1, 0.15) is 58.1 Å². The monoisotopic (exact) mass is 379 g/mol. The number of urea groups is 1. The summed E-state index contributed by atoms with van der Waals surface area (Å²) in [5.41, 5.74) is -0.0197. The fourth-order valence-electron chi connectivity index (χ4n) is 3.43. The van der Waals surface area contributed by atoms with E-state index in [4.69, 9.17) is 11.6 Å². The third-order valence-electron chi connectivity index (χ3n) is 4.63. The van der Waals surface area contributed by atoms with Gasteiger partial charge in [0.15, 0.2) is 0 Å². The summed E-state index contributed by atoms with van der Waals surface area (Å²) in [5, 5.41) is 6.20. The summed E-state index contributed by atoms with van der Waals surface area (Å²) in [4.78, 5) is 38.5. The average molecular weight is 380 g/mol. The molecule has 1 aromatic carbocycles. The van der Waals surface area contributed by atoms with Gasteiger partial charge < -0.3 is 10.6 Å². The first-order valence-corrected chi connectivity index (χ1v) is 9.39. The number of hydrogen-bond acceptors (Lipinski definition) is 3. The highest BCUT2D eigenvalue weighted by atomic mass is 35.5. The van der Waals surface area contributed by atoms with Crippen molar-refractivity contribution in [3.8, 4) is 0 Å². The van der Waals surface area contributed by atoms with Crippen LogP contribution >= 0.6 is 11.6 Å². The molecule has 0 bridgehead atoms. The van der Waals surface area contributed by atoms with E-state index in [9.17, 15) is 14.4 Å². The highest BCUT2D eigenvalue weighted by Crippen LogP contribution is 2.28. The quantitative estimate of drug-likeness (QED) is 0.679. The minimum absolute atomic E-state index is 0.280. The maximum atomic E-state index is 12.8. The summed E-state index contributed by atoms with van der Waals surface area (Å²) in [6, 6.07) is 6.42. The maximum absolute atomic E-state index is 12.8. The third-order valence-corrected chi connectivity index (χ3v) is 4.86. The molecule has 1 unspecified atom stereocenters. The lowest BCUT2D eigenvalue weighted by Crippen LogP contribution is -2.47. The van der Waals surface area contributed by atoms with Gasteiger partial charge >= 0.3 is 6.03 Å². The van der Waals surface area contributed by atoms with Crippen molar-refractivity contribution < 1.29 is 14.4 Å². The van der Waals surface area contributed by atoms with Gasteiger partial charge in [0.2, 0.25) is 5.91 Å². The van der Waals surface area contributed by atoms with Crippen LogP contribution in [-0.4, -0.2) is 34.8 Å². The molecule has 1 fully saturated rings. The Hall–Kier alpha value is -2.08. The molecule has 0 aromatic heterocycles. The standard InChI is InChI=1S/C19H26ClN3O3/c1-4-9-19(10-5-2)17(25)23(18(26)22-19)12-16(24)21-13(3)14-7-6-8-15(20)11-14/h6-8,11,13H,4-5,9-10,12H2,1-3H3,(H,21,24)(H,22,26). The van der Waals surface area contributed by atoms with Gasteiger partial charge in [-0.05, 0) is 37.5 Å². The van der Waals surface area contributed by atoms with Crippen molar-refractivity contribution in [3.63, 3.8) is 0 Å². The number of nitrogens with zero attached hydrogens (tertiary/aromatic N) is 1. The lowest BCUT2D eigenvalue weighted by atomic mass is 9.88. The second kappa shape index (κ2) is 8.54. The van der Waals surface area contributed by atoms with Gasteiger partial charge in [0.1, 0.15) is 12.1 Å². The van der Waals surface area contributed by atoms with E-state index in [0.29, 0.717) is 17.9 Å². The Bertz CT molecular complexity index is 686. The number of rotatable bonds is 8. The van der Waals surface area contributed by atoms with Crippen molar-refractivity contribution >= 4 is 29.4 Å². The minimum atomic E-state index is -0.876. The largest absolute Gasteiger partial charge is 0.348 e. The van der Waals surface area contributed by atoms with E-state index >= 15 is 0 Å². The molecule has 1 heterocycles. The lowest BCUT2D eigenvalue weighted by molar-refractivity contribution is -0.135. The van der Waals surface area contributed by atoms with Gasteiger partial charge in [-0.25, -0.2) is 4.79 Å². The molecule has 4 amide bonds.